The molecule has 1 rings (SSSR count). The zero-order valence-electron chi connectivity index (χ0n) is 6.55. The highest BCUT2D eigenvalue weighted by Crippen LogP contribution is 1.94. The molecule has 0 amide bonds. The lowest BCUT2D eigenvalue weighted by Gasteiger charge is -2.16. The van der Waals surface area contributed by atoms with Gasteiger partial charge in [0.2, 0.25) is 0 Å². The molecule has 0 aromatic carbocycles. The van der Waals surface area contributed by atoms with Crippen LogP contribution < -0.4 is 5.43 Å². The number of nitrogens with zero attached hydrogens (tertiary/aromatic N) is 1. The Bertz CT molecular complexity index is 126. The topological polar surface area (TPSA) is 33.6 Å². The SMILES string of the molecule is CC(C)CNN=C1COC1. The molecule has 1 saturated heterocycles. The molecule has 0 bridgehead atoms. The summed E-state index contributed by atoms with van der Waals surface area (Å²) < 4.78 is 4.92. The van der Waals surface area contributed by atoms with Crippen LogP contribution >= 0.6 is 0 Å². The van der Waals surface area contributed by atoms with Crippen LogP contribution in [0.2, 0.25) is 0 Å². The average Bonchev–Trinajstić information content (AvgIpc) is 1.75. The molecule has 10 heavy (non-hydrogen) atoms. The minimum atomic E-state index is 0.658. The van der Waals surface area contributed by atoms with E-state index in [0.717, 1.165) is 12.3 Å². The maximum Gasteiger partial charge on any atom is 0.0895 e. The van der Waals surface area contributed by atoms with Crippen molar-refractivity contribution in [2.45, 2.75) is 13.8 Å². The molecule has 58 valence electrons. The molecule has 0 atom stereocenters. The van der Waals surface area contributed by atoms with E-state index in [0.29, 0.717) is 19.1 Å². The third-order valence-corrected chi connectivity index (χ3v) is 1.27. The first-order valence-electron chi connectivity index (χ1n) is 3.65. The highest BCUT2D eigenvalue weighted by molar-refractivity contribution is 5.90. The van der Waals surface area contributed by atoms with E-state index < -0.39 is 0 Å². The second-order valence-corrected chi connectivity index (χ2v) is 2.93. The fourth-order valence-corrected chi connectivity index (χ4v) is 0.598. The largest absolute Gasteiger partial charge is 0.369 e. The van der Waals surface area contributed by atoms with Crippen LogP contribution in [-0.2, 0) is 4.74 Å². The van der Waals surface area contributed by atoms with E-state index in [1.165, 1.54) is 0 Å². The van der Waals surface area contributed by atoms with E-state index in [2.05, 4.69) is 24.4 Å². The van der Waals surface area contributed by atoms with Crippen molar-refractivity contribution in [1.82, 2.24) is 5.43 Å². The molecule has 0 spiro atoms. The Balaban J connectivity index is 2.03. The summed E-state index contributed by atoms with van der Waals surface area (Å²) in [5.41, 5.74) is 4.12. The Labute approximate surface area is 61.5 Å². The predicted molar refractivity (Wildman–Crippen MR) is 41.1 cm³/mol. The van der Waals surface area contributed by atoms with Crippen LogP contribution in [0.4, 0.5) is 0 Å². The van der Waals surface area contributed by atoms with Crippen LogP contribution in [0, 0.1) is 5.92 Å². The second kappa shape index (κ2) is 3.56. The van der Waals surface area contributed by atoms with Gasteiger partial charge in [0.25, 0.3) is 0 Å². The molecule has 1 N–H and O–H groups in total. The highest BCUT2D eigenvalue weighted by atomic mass is 16.5. The summed E-state index contributed by atoms with van der Waals surface area (Å²) in [5, 5.41) is 4.11. The minimum Gasteiger partial charge on any atom is -0.369 e. The minimum absolute atomic E-state index is 0.658. The molecular weight excluding hydrogens is 128 g/mol. The van der Waals surface area contributed by atoms with Crippen LogP contribution in [0.25, 0.3) is 0 Å². The number of hydrogen-bond donors (Lipinski definition) is 1. The van der Waals surface area contributed by atoms with Gasteiger partial charge < -0.3 is 10.2 Å². The first-order valence-corrected chi connectivity index (χ1v) is 3.65. The molecule has 3 heteroatoms. The van der Waals surface area contributed by atoms with Gasteiger partial charge in [-0.15, -0.1) is 0 Å². The monoisotopic (exact) mass is 142 g/mol. The molecule has 0 unspecified atom stereocenters. The lowest BCUT2D eigenvalue weighted by atomic mass is 10.2. The van der Waals surface area contributed by atoms with Crippen LogP contribution in [0.15, 0.2) is 5.10 Å². The van der Waals surface area contributed by atoms with Gasteiger partial charge in [-0.25, -0.2) is 0 Å². The van der Waals surface area contributed by atoms with Crippen molar-refractivity contribution < 1.29 is 4.74 Å². The van der Waals surface area contributed by atoms with Gasteiger partial charge in [-0.1, -0.05) is 13.8 Å². The van der Waals surface area contributed by atoms with Gasteiger partial charge in [0, 0.05) is 6.54 Å². The van der Waals surface area contributed by atoms with E-state index in [1.807, 2.05) is 0 Å². The lowest BCUT2D eigenvalue weighted by molar-refractivity contribution is 0.158. The Hall–Kier alpha value is -0.570. The Morgan fingerprint density at radius 1 is 1.60 bits per heavy atom. The van der Waals surface area contributed by atoms with E-state index in [1.54, 1.807) is 0 Å². The van der Waals surface area contributed by atoms with E-state index in [-0.39, 0.29) is 0 Å². The first-order chi connectivity index (χ1) is 4.79. The number of hydrogen-bond acceptors (Lipinski definition) is 3. The van der Waals surface area contributed by atoms with Crippen LogP contribution in [0.3, 0.4) is 0 Å². The Kier molecular flexibility index (Phi) is 2.68. The van der Waals surface area contributed by atoms with Gasteiger partial charge in [0.1, 0.15) is 0 Å². The van der Waals surface area contributed by atoms with Crippen molar-refractivity contribution >= 4 is 5.71 Å². The summed E-state index contributed by atoms with van der Waals surface area (Å²) in [6, 6.07) is 0. The normalized spacial score (nSPS) is 16.9. The molecule has 3 nitrogen and oxygen atoms in total. The standard InChI is InChI=1S/C7H14N2O/c1-6(2)3-8-9-7-4-10-5-7/h6,8H,3-5H2,1-2H3. The smallest absolute Gasteiger partial charge is 0.0895 e. The fraction of sp³-hybridized carbons (Fsp3) is 0.857. The fourth-order valence-electron chi connectivity index (χ4n) is 0.598. The van der Waals surface area contributed by atoms with E-state index >= 15 is 0 Å². The summed E-state index contributed by atoms with van der Waals surface area (Å²) in [6.07, 6.45) is 0. The van der Waals surface area contributed by atoms with Crippen molar-refractivity contribution in [1.29, 1.82) is 0 Å². The van der Waals surface area contributed by atoms with Crippen LogP contribution in [-0.4, -0.2) is 25.5 Å². The molecule has 1 aliphatic heterocycles. The van der Waals surface area contributed by atoms with Crippen molar-refractivity contribution in [3.05, 3.63) is 0 Å². The summed E-state index contributed by atoms with van der Waals surface area (Å²) >= 11 is 0. The van der Waals surface area contributed by atoms with Crippen molar-refractivity contribution in [2.75, 3.05) is 19.8 Å². The average molecular weight is 142 g/mol. The Morgan fingerprint density at radius 3 is 2.70 bits per heavy atom. The zero-order chi connectivity index (χ0) is 7.40. The molecule has 1 heterocycles. The molecule has 0 radical (unpaired) electrons. The maximum absolute atomic E-state index is 4.92. The number of rotatable bonds is 3. The third-order valence-electron chi connectivity index (χ3n) is 1.27. The van der Waals surface area contributed by atoms with Gasteiger partial charge in [0.15, 0.2) is 0 Å². The van der Waals surface area contributed by atoms with Crippen molar-refractivity contribution in [2.24, 2.45) is 11.0 Å². The second-order valence-electron chi connectivity index (χ2n) is 2.93. The highest BCUT2D eigenvalue weighted by Gasteiger charge is 2.09. The lowest BCUT2D eigenvalue weighted by Crippen LogP contribution is -2.30. The molecule has 0 aromatic rings. The molecule has 1 aliphatic rings. The van der Waals surface area contributed by atoms with E-state index in [9.17, 15) is 0 Å². The van der Waals surface area contributed by atoms with Crippen LogP contribution in [0.5, 0.6) is 0 Å². The van der Waals surface area contributed by atoms with Crippen molar-refractivity contribution in [3.63, 3.8) is 0 Å². The third kappa shape index (κ3) is 2.35. The van der Waals surface area contributed by atoms with Gasteiger partial charge in [-0.3, -0.25) is 0 Å². The molecule has 0 aliphatic carbocycles. The quantitative estimate of drug-likeness (QED) is 0.586. The van der Waals surface area contributed by atoms with Gasteiger partial charge in [-0.2, -0.15) is 5.10 Å². The summed E-state index contributed by atoms with van der Waals surface area (Å²) in [5.74, 6) is 0.658. The number of hydrazone groups is 1. The van der Waals surface area contributed by atoms with Gasteiger partial charge >= 0.3 is 0 Å². The number of nitrogens with one attached hydrogen (secondary N) is 1. The molecule has 0 aromatic heterocycles. The summed E-state index contributed by atoms with van der Waals surface area (Å²) in [6.45, 7) is 6.69. The number of ether oxygens (including phenoxy) is 1. The van der Waals surface area contributed by atoms with E-state index in [4.69, 9.17) is 4.74 Å². The Morgan fingerprint density at radius 2 is 2.30 bits per heavy atom. The van der Waals surface area contributed by atoms with Crippen LogP contribution in [0.1, 0.15) is 13.8 Å². The molecular formula is C7H14N2O. The summed E-state index contributed by atoms with van der Waals surface area (Å²) in [4.78, 5) is 0. The van der Waals surface area contributed by atoms with Crippen molar-refractivity contribution in [3.8, 4) is 0 Å². The van der Waals surface area contributed by atoms with Gasteiger partial charge in [0.05, 0.1) is 18.9 Å². The first kappa shape index (κ1) is 7.54. The predicted octanol–water partition coefficient (Wildman–Crippen LogP) is 0.618. The maximum atomic E-state index is 4.92. The summed E-state index contributed by atoms with van der Waals surface area (Å²) in [7, 11) is 0. The van der Waals surface area contributed by atoms with Gasteiger partial charge in [-0.05, 0) is 5.92 Å². The zero-order valence-corrected chi connectivity index (χ0v) is 6.55. The molecule has 0 saturated carbocycles. The molecule has 1 fully saturated rings.